The van der Waals surface area contributed by atoms with Crippen molar-refractivity contribution in [3.8, 4) is 0 Å². The first-order chi connectivity index (χ1) is 11.3. The summed E-state index contributed by atoms with van der Waals surface area (Å²) in [5, 5.41) is 2.65. The van der Waals surface area contributed by atoms with E-state index < -0.39 is 0 Å². The standard InChI is InChI=1S/C22H28O/c1-2-3-4-5-6-7-8-12-21(23)19-15-13-17-10-9-11-18-14-16-20(19)22(17)18/h9-11,13,15H,2-8,12,14,16H2,1H3. The molecule has 0 atom stereocenters. The first kappa shape index (κ1) is 16.2. The van der Waals surface area contributed by atoms with Crippen LogP contribution < -0.4 is 0 Å². The Morgan fingerprint density at radius 2 is 1.70 bits per heavy atom. The topological polar surface area (TPSA) is 17.1 Å². The molecule has 0 aliphatic heterocycles. The number of aryl methyl sites for hydroxylation is 2. The Labute approximate surface area is 140 Å². The van der Waals surface area contributed by atoms with Crippen molar-refractivity contribution in [2.75, 3.05) is 0 Å². The summed E-state index contributed by atoms with van der Waals surface area (Å²) in [7, 11) is 0. The molecule has 23 heavy (non-hydrogen) atoms. The molecule has 0 aromatic heterocycles. The number of carbonyl (C=O) groups is 1. The summed E-state index contributed by atoms with van der Waals surface area (Å²) in [6.45, 7) is 2.25. The highest BCUT2D eigenvalue weighted by atomic mass is 16.1. The summed E-state index contributed by atoms with van der Waals surface area (Å²) in [4.78, 5) is 12.6. The molecule has 0 saturated carbocycles. The van der Waals surface area contributed by atoms with Gasteiger partial charge in [-0.25, -0.2) is 0 Å². The maximum absolute atomic E-state index is 12.6. The minimum atomic E-state index is 0.354. The normalized spacial score (nSPS) is 12.9. The number of hydrogen-bond donors (Lipinski definition) is 0. The predicted molar refractivity (Wildman–Crippen MR) is 98.3 cm³/mol. The maximum atomic E-state index is 12.6. The van der Waals surface area contributed by atoms with Crippen LogP contribution in [-0.2, 0) is 12.8 Å². The van der Waals surface area contributed by atoms with Crippen LogP contribution in [0.15, 0.2) is 30.3 Å². The highest BCUT2D eigenvalue weighted by Crippen LogP contribution is 2.33. The quantitative estimate of drug-likeness (QED) is 0.394. The SMILES string of the molecule is CCCCCCCCCC(=O)c1ccc2cccc3c2c1CC3. The molecule has 122 valence electrons. The molecule has 0 spiro atoms. The first-order valence-electron chi connectivity index (χ1n) is 9.38. The summed E-state index contributed by atoms with van der Waals surface area (Å²) in [6.07, 6.45) is 11.7. The van der Waals surface area contributed by atoms with Crippen LogP contribution in [0.5, 0.6) is 0 Å². The second kappa shape index (κ2) is 7.77. The van der Waals surface area contributed by atoms with Crippen molar-refractivity contribution in [3.05, 3.63) is 47.0 Å². The smallest absolute Gasteiger partial charge is 0.163 e. The van der Waals surface area contributed by atoms with Gasteiger partial charge in [0.2, 0.25) is 0 Å². The van der Waals surface area contributed by atoms with Crippen LogP contribution in [0.3, 0.4) is 0 Å². The second-order valence-electron chi connectivity index (χ2n) is 6.90. The third-order valence-corrected chi connectivity index (χ3v) is 5.19. The molecule has 0 fully saturated rings. The number of benzene rings is 2. The molecule has 1 heteroatoms. The molecule has 2 aromatic carbocycles. The van der Waals surface area contributed by atoms with E-state index in [4.69, 9.17) is 0 Å². The van der Waals surface area contributed by atoms with Crippen LogP contribution in [0, 0.1) is 0 Å². The van der Waals surface area contributed by atoms with Gasteiger partial charge < -0.3 is 0 Å². The lowest BCUT2D eigenvalue weighted by atomic mass is 9.95. The Morgan fingerprint density at radius 3 is 2.52 bits per heavy atom. The van der Waals surface area contributed by atoms with Gasteiger partial charge in [0.1, 0.15) is 0 Å². The van der Waals surface area contributed by atoms with Gasteiger partial charge in [-0.15, -0.1) is 0 Å². The monoisotopic (exact) mass is 308 g/mol. The molecule has 0 unspecified atom stereocenters. The molecule has 0 saturated heterocycles. The van der Waals surface area contributed by atoms with E-state index >= 15 is 0 Å². The number of carbonyl (C=O) groups excluding carboxylic acids is 1. The van der Waals surface area contributed by atoms with Crippen molar-refractivity contribution in [1.29, 1.82) is 0 Å². The first-order valence-corrected chi connectivity index (χ1v) is 9.38. The third kappa shape index (κ3) is 3.65. The van der Waals surface area contributed by atoms with Crippen molar-refractivity contribution < 1.29 is 4.79 Å². The van der Waals surface area contributed by atoms with Crippen LogP contribution in [-0.4, -0.2) is 5.78 Å². The summed E-state index contributed by atoms with van der Waals surface area (Å²) in [5.41, 5.74) is 3.72. The van der Waals surface area contributed by atoms with E-state index in [2.05, 4.69) is 37.3 Å². The molecule has 2 aromatic rings. The summed E-state index contributed by atoms with van der Waals surface area (Å²) in [5.74, 6) is 0.354. The minimum absolute atomic E-state index is 0.354. The molecular formula is C22H28O. The number of ketones is 1. The van der Waals surface area contributed by atoms with Gasteiger partial charge in [-0.3, -0.25) is 4.79 Å². The van der Waals surface area contributed by atoms with E-state index in [-0.39, 0.29) is 0 Å². The number of rotatable bonds is 9. The van der Waals surface area contributed by atoms with Crippen molar-refractivity contribution in [3.63, 3.8) is 0 Å². The van der Waals surface area contributed by atoms with E-state index in [1.807, 2.05) is 0 Å². The van der Waals surface area contributed by atoms with Crippen LogP contribution in [0.1, 0.15) is 79.8 Å². The van der Waals surface area contributed by atoms with Gasteiger partial charge >= 0.3 is 0 Å². The lowest BCUT2D eigenvalue weighted by Crippen LogP contribution is -2.03. The summed E-state index contributed by atoms with van der Waals surface area (Å²) < 4.78 is 0. The summed E-state index contributed by atoms with van der Waals surface area (Å²) in [6, 6.07) is 10.7. The van der Waals surface area contributed by atoms with Crippen LogP contribution in [0.2, 0.25) is 0 Å². The third-order valence-electron chi connectivity index (χ3n) is 5.19. The molecule has 0 amide bonds. The highest BCUT2D eigenvalue weighted by Gasteiger charge is 2.20. The molecule has 0 heterocycles. The molecule has 0 N–H and O–H groups in total. The number of unbranched alkanes of at least 4 members (excludes halogenated alkanes) is 6. The molecule has 1 aliphatic rings. The van der Waals surface area contributed by atoms with Crippen molar-refractivity contribution in [2.24, 2.45) is 0 Å². The van der Waals surface area contributed by atoms with Gasteiger partial charge in [0, 0.05) is 12.0 Å². The zero-order valence-corrected chi connectivity index (χ0v) is 14.4. The fraction of sp³-hybridized carbons (Fsp3) is 0.500. The van der Waals surface area contributed by atoms with Crippen molar-refractivity contribution >= 4 is 16.6 Å². The second-order valence-corrected chi connectivity index (χ2v) is 6.90. The average Bonchev–Trinajstić information content (AvgIpc) is 3.00. The molecule has 1 aliphatic carbocycles. The maximum Gasteiger partial charge on any atom is 0.163 e. The van der Waals surface area contributed by atoms with Gasteiger partial charge in [-0.05, 0) is 41.2 Å². The zero-order valence-electron chi connectivity index (χ0n) is 14.4. The largest absolute Gasteiger partial charge is 0.294 e. The Bertz CT molecular complexity index is 684. The Morgan fingerprint density at radius 1 is 0.913 bits per heavy atom. The Hall–Kier alpha value is -1.63. The Kier molecular flexibility index (Phi) is 5.48. The molecule has 0 bridgehead atoms. The van der Waals surface area contributed by atoms with Crippen LogP contribution >= 0.6 is 0 Å². The molecule has 0 radical (unpaired) electrons. The van der Waals surface area contributed by atoms with Crippen LogP contribution in [0.4, 0.5) is 0 Å². The predicted octanol–water partition coefficient (Wildman–Crippen LogP) is 6.26. The fourth-order valence-electron chi connectivity index (χ4n) is 3.90. The molecule has 1 nitrogen and oxygen atoms in total. The van der Waals surface area contributed by atoms with E-state index in [0.29, 0.717) is 12.2 Å². The van der Waals surface area contributed by atoms with Gasteiger partial charge in [0.25, 0.3) is 0 Å². The number of Topliss-reactive ketones (excluding diaryl/α,β-unsaturated/α-hetero) is 1. The zero-order chi connectivity index (χ0) is 16.1. The van der Waals surface area contributed by atoms with Crippen LogP contribution in [0.25, 0.3) is 10.8 Å². The minimum Gasteiger partial charge on any atom is -0.294 e. The van der Waals surface area contributed by atoms with E-state index in [9.17, 15) is 4.79 Å². The lowest BCUT2D eigenvalue weighted by molar-refractivity contribution is 0.0978. The van der Waals surface area contributed by atoms with Gasteiger partial charge in [-0.2, -0.15) is 0 Å². The molecular weight excluding hydrogens is 280 g/mol. The highest BCUT2D eigenvalue weighted by molar-refractivity contribution is 6.04. The summed E-state index contributed by atoms with van der Waals surface area (Å²) >= 11 is 0. The Balaban J connectivity index is 1.58. The molecule has 3 rings (SSSR count). The number of hydrogen-bond acceptors (Lipinski definition) is 1. The van der Waals surface area contributed by atoms with E-state index in [1.54, 1.807) is 0 Å². The van der Waals surface area contributed by atoms with Gasteiger partial charge in [-0.1, -0.05) is 75.8 Å². The lowest BCUT2D eigenvalue weighted by Gasteiger charge is -2.08. The van der Waals surface area contributed by atoms with E-state index in [1.165, 1.54) is 60.4 Å². The average molecular weight is 308 g/mol. The van der Waals surface area contributed by atoms with Gasteiger partial charge in [0.15, 0.2) is 5.78 Å². The van der Waals surface area contributed by atoms with Gasteiger partial charge in [0.05, 0.1) is 0 Å². The van der Waals surface area contributed by atoms with Crippen molar-refractivity contribution in [1.82, 2.24) is 0 Å². The van der Waals surface area contributed by atoms with Crippen molar-refractivity contribution in [2.45, 2.75) is 71.1 Å². The van der Waals surface area contributed by atoms with E-state index in [0.717, 1.165) is 24.8 Å². The fourth-order valence-corrected chi connectivity index (χ4v) is 3.90.